The van der Waals surface area contributed by atoms with E-state index in [1.807, 2.05) is 6.92 Å². The number of hydrogen-bond donors (Lipinski definition) is 1. The highest BCUT2D eigenvalue weighted by atomic mass is 16.5. The number of fused-ring (bicyclic) bond motifs is 1. The Balaban J connectivity index is 1.70. The van der Waals surface area contributed by atoms with Crippen LogP contribution in [-0.2, 0) is 9.53 Å². The zero-order valence-corrected chi connectivity index (χ0v) is 8.14. The van der Waals surface area contributed by atoms with Crippen molar-refractivity contribution in [2.75, 3.05) is 13.2 Å². The highest BCUT2D eigenvalue weighted by Crippen LogP contribution is 2.47. The summed E-state index contributed by atoms with van der Waals surface area (Å²) in [5.41, 5.74) is 0.0358. The van der Waals surface area contributed by atoms with Crippen molar-refractivity contribution in [3.05, 3.63) is 0 Å². The lowest BCUT2D eigenvalue weighted by Gasteiger charge is -2.35. The highest BCUT2D eigenvalue weighted by molar-refractivity contribution is 5.75. The lowest BCUT2D eigenvalue weighted by atomic mass is 9.74. The van der Waals surface area contributed by atoms with Gasteiger partial charge in [0.15, 0.2) is 0 Å². The van der Waals surface area contributed by atoms with Gasteiger partial charge in [-0.15, -0.1) is 0 Å². The summed E-state index contributed by atoms with van der Waals surface area (Å²) in [7, 11) is 0. The van der Waals surface area contributed by atoms with Crippen LogP contribution >= 0.6 is 0 Å². The van der Waals surface area contributed by atoms with Crippen molar-refractivity contribution >= 4 is 5.91 Å². The molecule has 2 heterocycles. The number of carbonyl (C=O) groups is 1. The minimum atomic E-state index is 0.0358. The molecule has 3 nitrogen and oxygen atoms in total. The monoisotopic (exact) mass is 183 g/mol. The van der Waals surface area contributed by atoms with Gasteiger partial charge < -0.3 is 10.1 Å². The fourth-order valence-electron chi connectivity index (χ4n) is 2.29. The van der Waals surface area contributed by atoms with Crippen molar-refractivity contribution in [2.45, 2.75) is 38.2 Å². The third-order valence-electron chi connectivity index (χ3n) is 3.03. The standard InChI is InChI=1S/C10H17NO2/c1-2-3-9(12)11-7-10-4-8(5-10)6-13-10/h8H,2-7H2,1H3,(H,11,12). The van der Waals surface area contributed by atoms with Gasteiger partial charge in [-0.25, -0.2) is 0 Å². The summed E-state index contributed by atoms with van der Waals surface area (Å²) in [5, 5.41) is 2.94. The summed E-state index contributed by atoms with van der Waals surface area (Å²) in [6.07, 6.45) is 3.86. The highest BCUT2D eigenvalue weighted by Gasteiger charge is 2.51. The molecular weight excluding hydrogens is 166 g/mol. The van der Waals surface area contributed by atoms with Gasteiger partial charge in [0.2, 0.25) is 5.91 Å². The molecule has 0 atom stereocenters. The molecule has 2 bridgehead atoms. The van der Waals surface area contributed by atoms with Crippen LogP contribution in [0.1, 0.15) is 32.6 Å². The van der Waals surface area contributed by atoms with Gasteiger partial charge in [0, 0.05) is 13.0 Å². The van der Waals surface area contributed by atoms with Crippen LogP contribution in [0.25, 0.3) is 0 Å². The van der Waals surface area contributed by atoms with Gasteiger partial charge in [-0.1, -0.05) is 6.92 Å². The van der Waals surface area contributed by atoms with Crippen LogP contribution in [0.5, 0.6) is 0 Å². The van der Waals surface area contributed by atoms with Gasteiger partial charge in [-0.05, 0) is 25.2 Å². The van der Waals surface area contributed by atoms with Crippen molar-refractivity contribution in [1.29, 1.82) is 0 Å². The number of rotatable bonds is 4. The van der Waals surface area contributed by atoms with E-state index in [0.29, 0.717) is 6.42 Å². The van der Waals surface area contributed by atoms with Crippen molar-refractivity contribution in [3.63, 3.8) is 0 Å². The molecule has 1 saturated carbocycles. The second-order valence-electron chi connectivity index (χ2n) is 4.30. The Morgan fingerprint density at radius 3 is 2.92 bits per heavy atom. The lowest BCUT2D eigenvalue weighted by molar-refractivity contribution is -0.122. The fraction of sp³-hybridized carbons (Fsp3) is 0.900. The molecule has 2 aliphatic heterocycles. The number of ether oxygens (including phenoxy) is 1. The predicted octanol–water partition coefficient (Wildman–Crippen LogP) is 1.08. The molecular formula is C10H17NO2. The van der Waals surface area contributed by atoms with E-state index < -0.39 is 0 Å². The largest absolute Gasteiger partial charge is 0.373 e. The van der Waals surface area contributed by atoms with Crippen LogP contribution in [0.2, 0.25) is 0 Å². The number of amides is 1. The molecule has 3 rings (SSSR count). The van der Waals surface area contributed by atoms with Gasteiger partial charge >= 0.3 is 0 Å². The predicted molar refractivity (Wildman–Crippen MR) is 49.3 cm³/mol. The molecule has 3 heteroatoms. The van der Waals surface area contributed by atoms with Crippen LogP contribution in [-0.4, -0.2) is 24.7 Å². The second-order valence-corrected chi connectivity index (χ2v) is 4.30. The van der Waals surface area contributed by atoms with Crippen LogP contribution < -0.4 is 5.32 Å². The molecule has 0 aromatic heterocycles. The maximum Gasteiger partial charge on any atom is 0.220 e. The SMILES string of the molecule is CCCC(=O)NCC12CC(CO1)C2. The smallest absolute Gasteiger partial charge is 0.220 e. The Kier molecular flexibility index (Phi) is 2.28. The molecule has 13 heavy (non-hydrogen) atoms. The van der Waals surface area contributed by atoms with Gasteiger partial charge in [0.25, 0.3) is 0 Å². The summed E-state index contributed by atoms with van der Waals surface area (Å²) in [6.45, 7) is 3.65. The van der Waals surface area contributed by atoms with E-state index in [2.05, 4.69) is 5.32 Å². The van der Waals surface area contributed by atoms with Gasteiger partial charge in [-0.2, -0.15) is 0 Å². The zero-order chi connectivity index (χ0) is 9.31. The molecule has 0 spiro atoms. The van der Waals surface area contributed by atoms with E-state index in [9.17, 15) is 4.79 Å². The number of nitrogens with one attached hydrogen (secondary N) is 1. The maximum absolute atomic E-state index is 11.2. The molecule has 0 radical (unpaired) electrons. The Morgan fingerprint density at radius 2 is 2.38 bits per heavy atom. The van der Waals surface area contributed by atoms with Gasteiger partial charge in [0.05, 0.1) is 12.2 Å². The molecule has 1 N–H and O–H groups in total. The molecule has 0 aromatic carbocycles. The minimum Gasteiger partial charge on any atom is -0.373 e. The molecule has 3 fully saturated rings. The average molecular weight is 183 g/mol. The normalized spacial score (nSPS) is 35.6. The van der Waals surface area contributed by atoms with Gasteiger partial charge in [-0.3, -0.25) is 4.79 Å². The number of carbonyl (C=O) groups excluding carboxylic acids is 1. The summed E-state index contributed by atoms with van der Waals surface area (Å²) < 4.78 is 5.63. The summed E-state index contributed by atoms with van der Waals surface area (Å²) in [6, 6.07) is 0. The van der Waals surface area contributed by atoms with E-state index in [-0.39, 0.29) is 11.5 Å². The Labute approximate surface area is 78.8 Å². The van der Waals surface area contributed by atoms with Crippen LogP contribution in [0.4, 0.5) is 0 Å². The first-order valence-electron chi connectivity index (χ1n) is 5.15. The van der Waals surface area contributed by atoms with Crippen LogP contribution in [0, 0.1) is 5.92 Å². The third kappa shape index (κ3) is 1.70. The molecule has 1 amide bonds. The molecule has 3 aliphatic rings. The molecule has 1 aliphatic carbocycles. The lowest BCUT2D eigenvalue weighted by Crippen LogP contribution is -2.47. The summed E-state index contributed by atoms with van der Waals surface area (Å²) in [4.78, 5) is 11.2. The molecule has 2 saturated heterocycles. The van der Waals surface area contributed by atoms with Crippen molar-refractivity contribution in [1.82, 2.24) is 5.32 Å². The van der Waals surface area contributed by atoms with E-state index >= 15 is 0 Å². The first kappa shape index (κ1) is 9.00. The average Bonchev–Trinajstić information content (AvgIpc) is 2.59. The van der Waals surface area contributed by atoms with Gasteiger partial charge in [0.1, 0.15) is 0 Å². The van der Waals surface area contributed by atoms with E-state index in [1.54, 1.807) is 0 Å². The van der Waals surface area contributed by atoms with Crippen molar-refractivity contribution in [3.8, 4) is 0 Å². The molecule has 0 unspecified atom stereocenters. The topological polar surface area (TPSA) is 38.3 Å². The fourth-order valence-corrected chi connectivity index (χ4v) is 2.29. The van der Waals surface area contributed by atoms with Crippen LogP contribution in [0.15, 0.2) is 0 Å². The Morgan fingerprint density at radius 1 is 1.62 bits per heavy atom. The first-order valence-corrected chi connectivity index (χ1v) is 5.15. The Hall–Kier alpha value is -0.570. The van der Waals surface area contributed by atoms with Crippen molar-refractivity contribution < 1.29 is 9.53 Å². The quantitative estimate of drug-likeness (QED) is 0.708. The van der Waals surface area contributed by atoms with Crippen LogP contribution in [0.3, 0.4) is 0 Å². The summed E-state index contributed by atoms with van der Waals surface area (Å²) >= 11 is 0. The Bertz CT molecular complexity index is 203. The maximum atomic E-state index is 11.2. The number of hydrogen-bond acceptors (Lipinski definition) is 2. The summed E-state index contributed by atoms with van der Waals surface area (Å²) in [5.74, 6) is 0.943. The van der Waals surface area contributed by atoms with Crippen molar-refractivity contribution in [2.24, 2.45) is 5.92 Å². The second kappa shape index (κ2) is 3.29. The zero-order valence-electron chi connectivity index (χ0n) is 8.14. The van der Waals surface area contributed by atoms with E-state index in [4.69, 9.17) is 4.74 Å². The third-order valence-corrected chi connectivity index (χ3v) is 3.03. The molecule has 0 aromatic rings. The molecule has 74 valence electrons. The first-order chi connectivity index (χ1) is 6.24. The van der Waals surface area contributed by atoms with E-state index in [0.717, 1.165) is 38.3 Å². The minimum absolute atomic E-state index is 0.0358. The van der Waals surface area contributed by atoms with E-state index in [1.165, 1.54) is 0 Å².